The molecule has 3 heterocycles. The smallest absolute Gasteiger partial charge is 0.425 e. The molecule has 0 N–H and O–H groups in total. The van der Waals surface area contributed by atoms with Crippen LogP contribution >= 0.6 is 11.3 Å². The van der Waals surface area contributed by atoms with Crippen molar-refractivity contribution in [1.29, 1.82) is 0 Å². The van der Waals surface area contributed by atoms with Crippen molar-refractivity contribution in [3.05, 3.63) is 32.3 Å². The third-order valence-corrected chi connectivity index (χ3v) is 4.70. The van der Waals surface area contributed by atoms with E-state index in [1.807, 2.05) is 0 Å². The van der Waals surface area contributed by atoms with Crippen LogP contribution in [0, 0.1) is 0 Å². The molecular weight excluding hydrogens is 308 g/mol. The molecule has 1 aliphatic heterocycles. The summed E-state index contributed by atoms with van der Waals surface area (Å²) < 4.78 is 12.4. The summed E-state index contributed by atoms with van der Waals surface area (Å²) in [4.78, 5) is 37.1. The molecular formula is C14H16N2O5S. The molecule has 3 rings (SSSR count). The summed E-state index contributed by atoms with van der Waals surface area (Å²) in [5.41, 5.74) is -1.34. The van der Waals surface area contributed by atoms with Crippen LogP contribution in [-0.4, -0.2) is 34.5 Å². The lowest BCUT2D eigenvalue weighted by Gasteiger charge is -2.22. The molecule has 2 aromatic heterocycles. The number of ether oxygens (including phenoxy) is 2. The van der Waals surface area contributed by atoms with Crippen LogP contribution in [0.5, 0.6) is 0 Å². The van der Waals surface area contributed by atoms with Gasteiger partial charge in [-0.25, -0.2) is 9.59 Å². The number of thiophene rings is 1. The van der Waals surface area contributed by atoms with Gasteiger partial charge in [0.1, 0.15) is 11.4 Å². The van der Waals surface area contributed by atoms with E-state index >= 15 is 0 Å². The zero-order valence-electron chi connectivity index (χ0n) is 12.1. The van der Waals surface area contributed by atoms with E-state index in [0.717, 1.165) is 19.3 Å². The summed E-state index contributed by atoms with van der Waals surface area (Å²) in [5.74, 6) is 0. The van der Waals surface area contributed by atoms with Gasteiger partial charge >= 0.3 is 11.8 Å². The summed E-state index contributed by atoms with van der Waals surface area (Å²) in [7, 11) is 1.52. The lowest BCUT2D eigenvalue weighted by Crippen LogP contribution is -2.43. The summed E-state index contributed by atoms with van der Waals surface area (Å²) >= 11 is 1.28. The molecule has 7 nitrogen and oxygen atoms in total. The molecule has 1 atom stereocenters. The highest BCUT2D eigenvalue weighted by molar-refractivity contribution is 7.16. The molecule has 0 spiro atoms. The van der Waals surface area contributed by atoms with E-state index < -0.39 is 17.3 Å². The van der Waals surface area contributed by atoms with Crippen LogP contribution in [0.1, 0.15) is 19.3 Å². The van der Waals surface area contributed by atoms with Gasteiger partial charge in [0.15, 0.2) is 0 Å². The first-order valence-corrected chi connectivity index (χ1v) is 7.95. The Hall–Kier alpha value is -1.93. The number of carbonyl (C=O) groups is 1. The van der Waals surface area contributed by atoms with Crippen LogP contribution in [0.4, 0.5) is 4.79 Å². The maximum Gasteiger partial charge on any atom is 0.425 e. The minimum Gasteiger partial charge on any atom is -0.446 e. The predicted octanol–water partition coefficient (Wildman–Crippen LogP) is 1.32. The van der Waals surface area contributed by atoms with E-state index in [4.69, 9.17) is 9.47 Å². The number of fused-ring (bicyclic) bond motifs is 1. The third kappa shape index (κ3) is 2.59. The second kappa shape index (κ2) is 6.05. The molecule has 0 saturated carbocycles. The Bertz CT molecular complexity index is 813. The minimum absolute atomic E-state index is 0.0517. The van der Waals surface area contributed by atoms with Crippen LogP contribution in [-0.2, 0) is 16.5 Å². The van der Waals surface area contributed by atoms with Crippen molar-refractivity contribution in [3.8, 4) is 0 Å². The summed E-state index contributed by atoms with van der Waals surface area (Å²) in [6.07, 6.45) is 1.71. The first-order chi connectivity index (χ1) is 10.6. The van der Waals surface area contributed by atoms with Crippen LogP contribution in [0.2, 0.25) is 0 Å². The van der Waals surface area contributed by atoms with Gasteiger partial charge in [0.25, 0.3) is 5.56 Å². The Morgan fingerprint density at radius 3 is 3.00 bits per heavy atom. The zero-order chi connectivity index (χ0) is 15.7. The molecule has 0 aliphatic carbocycles. The summed E-state index contributed by atoms with van der Waals surface area (Å²) in [6, 6.07) is 1.59. The Kier molecular flexibility index (Phi) is 4.12. The molecule has 1 unspecified atom stereocenters. The summed E-state index contributed by atoms with van der Waals surface area (Å²) in [5, 5.41) is 2.04. The number of hydrogen-bond acceptors (Lipinski definition) is 6. The maximum atomic E-state index is 12.3. The zero-order valence-corrected chi connectivity index (χ0v) is 12.9. The number of carbonyl (C=O) groups excluding carboxylic acids is 1. The Morgan fingerprint density at radius 1 is 1.45 bits per heavy atom. The van der Waals surface area contributed by atoms with E-state index in [-0.39, 0.29) is 12.7 Å². The fourth-order valence-electron chi connectivity index (χ4n) is 2.50. The van der Waals surface area contributed by atoms with Crippen molar-refractivity contribution in [2.75, 3.05) is 13.2 Å². The van der Waals surface area contributed by atoms with E-state index in [0.29, 0.717) is 21.4 Å². The van der Waals surface area contributed by atoms with Crippen molar-refractivity contribution in [2.24, 2.45) is 7.05 Å². The number of nitrogens with zero attached hydrogens (tertiary/aromatic N) is 2. The highest BCUT2D eigenvalue weighted by atomic mass is 32.1. The minimum atomic E-state index is -0.951. The van der Waals surface area contributed by atoms with E-state index in [1.54, 1.807) is 11.4 Å². The van der Waals surface area contributed by atoms with Crippen LogP contribution < -0.4 is 11.2 Å². The van der Waals surface area contributed by atoms with Gasteiger partial charge in [-0.05, 0) is 30.7 Å². The predicted molar refractivity (Wildman–Crippen MR) is 81.7 cm³/mol. The Labute approximate surface area is 129 Å². The fourth-order valence-corrected chi connectivity index (χ4v) is 3.35. The molecule has 1 saturated heterocycles. The largest absolute Gasteiger partial charge is 0.446 e. The van der Waals surface area contributed by atoms with Crippen molar-refractivity contribution < 1.29 is 14.3 Å². The molecule has 0 aromatic carbocycles. The average molecular weight is 324 g/mol. The molecule has 22 heavy (non-hydrogen) atoms. The molecule has 1 fully saturated rings. The van der Waals surface area contributed by atoms with Gasteiger partial charge < -0.3 is 9.47 Å². The molecule has 8 heteroatoms. The monoisotopic (exact) mass is 324 g/mol. The molecule has 2 aromatic rings. The first kappa shape index (κ1) is 15.0. The lowest BCUT2D eigenvalue weighted by molar-refractivity contribution is -0.0224. The highest BCUT2D eigenvalue weighted by Crippen LogP contribution is 2.15. The van der Waals surface area contributed by atoms with Gasteiger partial charge in [-0.3, -0.25) is 9.36 Å². The number of hydrogen-bond donors (Lipinski definition) is 0. The van der Waals surface area contributed by atoms with E-state index in [1.165, 1.54) is 23.0 Å². The lowest BCUT2D eigenvalue weighted by atomic mass is 10.1. The van der Waals surface area contributed by atoms with Crippen molar-refractivity contribution in [3.63, 3.8) is 0 Å². The van der Waals surface area contributed by atoms with Gasteiger partial charge in [0, 0.05) is 13.7 Å². The third-order valence-electron chi connectivity index (χ3n) is 3.71. The van der Waals surface area contributed by atoms with Gasteiger partial charge in [-0.2, -0.15) is 4.57 Å². The topological polar surface area (TPSA) is 79.5 Å². The van der Waals surface area contributed by atoms with E-state index in [2.05, 4.69) is 0 Å². The number of aromatic nitrogens is 2. The molecule has 0 bridgehead atoms. The van der Waals surface area contributed by atoms with Crippen LogP contribution in [0.15, 0.2) is 21.0 Å². The molecule has 0 radical (unpaired) electrons. The van der Waals surface area contributed by atoms with Gasteiger partial charge in [-0.15, -0.1) is 11.3 Å². The number of aryl methyl sites for hydroxylation is 1. The second-order valence-corrected chi connectivity index (χ2v) is 6.08. The molecule has 118 valence electrons. The molecule has 1 aliphatic rings. The average Bonchev–Trinajstić information content (AvgIpc) is 3.02. The number of rotatable bonds is 2. The Balaban J connectivity index is 1.87. The standard InChI is InChI=1S/C14H16N2O5S/c1-15-12-10(5-7-22-12)11(17)16(13(15)18)14(19)21-8-9-4-2-3-6-20-9/h5,7,9H,2-4,6,8H2,1H3. The maximum absolute atomic E-state index is 12.3. The van der Waals surface area contributed by atoms with Crippen molar-refractivity contribution in [2.45, 2.75) is 25.4 Å². The van der Waals surface area contributed by atoms with Crippen LogP contribution in [0.3, 0.4) is 0 Å². The van der Waals surface area contributed by atoms with Crippen LogP contribution in [0.25, 0.3) is 10.2 Å². The van der Waals surface area contributed by atoms with Gasteiger partial charge in [0.2, 0.25) is 0 Å². The normalized spacial score (nSPS) is 18.5. The SMILES string of the molecule is Cn1c(=O)n(C(=O)OCC2CCCCO2)c(=O)c2ccsc21. The summed E-state index contributed by atoms with van der Waals surface area (Å²) in [6.45, 7) is 0.695. The molecule has 0 amide bonds. The highest BCUT2D eigenvalue weighted by Gasteiger charge is 2.21. The second-order valence-electron chi connectivity index (χ2n) is 5.19. The van der Waals surface area contributed by atoms with Gasteiger partial charge in [-0.1, -0.05) is 0 Å². The van der Waals surface area contributed by atoms with Crippen molar-refractivity contribution in [1.82, 2.24) is 9.13 Å². The van der Waals surface area contributed by atoms with E-state index in [9.17, 15) is 14.4 Å². The fraction of sp³-hybridized carbons (Fsp3) is 0.500. The first-order valence-electron chi connectivity index (χ1n) is 7.07. The van der Waals surface area contributed by atoms with Crippen molar-refractivity contribution >= 4 is 27.6 Å². The Morgan fingerprint density at radius 2 is 2.27 bits per heavy atom. The van der Waals surface area contributed by atoms with Gasteiger partial charge in [0.05, 0.1) is 11.5 Å². The quantitative estimate of drug-likeness (QED) is 0.832.